The van der Waals surface area contributed by atoms with Crippen LogP contribution in [0.3, 0.4) is 0 Å². The molecule has 1 atom stereocenters. The monoisotopic (exact) mass is 447 g/mol. The molecule has 2 aromatic carbocycles. The highest BCUT2D eigenvalue weighted by atomic mass is 35.5. The third kappa shape index (κ3) is 4.86. The Labute approximate surface area is 183 Å². The number of halogens is 1. The summed E-state index contributed by atoms with van der Waals surface area (Å²) in [5.74, 6) is -0.481. The minimum absolute atomic E-state index is 0.216. The molecule has 0 aliphatic rings. The van der Waals surface area contributed by atoms with Crippen molar-refractivity contribution < 1.29 is 24.2 Å². The molecule has 3 aromatic rings. The summed E-state index contributed by atoms with van der Waals surface area (Å²) < 4.78 is 12.3. The lowest BCUT2D eigenvalue weighted by atomic mass is 9.99. The molecular formula is C22H22ClNO5S. The second kappa shape index (κ2) is 9.36. The molecule has 1 aromatic heterocycles. The molecule has 0 saturated heterocycles. The molecule has 6 nitrogen and oxygen atoms in total. The summed E-state index contributed by atoms with van der Waals surface area (Å²) >= 11 is 7.30. The Balaban J connectivity index is 1.82. The summed E-state index contributed by atoms with van der Waals surface area (Å²) in [6.45, 7) is 3.69. The number of ether oxygens (including phenoxy) is 2. The third-order valence-corrected chi connectivity index (χ3v) is 6.09. The van der Waals surface area contributed by atoms with Crippen LogP contribution in [0.5, 0.6) is 11.5 Å². The quantitative estimate of drug-likeness (QED) is 0.451. The van der Waals surface area contributed by atoms with E-state index in [9.17, 15) is 14.7 Å². The van der Waals surface area contributed by atoms with Crippen molar-refractivity contribution in [2.75, 3.05) is 13.2 Å². The van der Waals surface area contributed by atoms with Gasteiger partial charge in [0, 0.05) is 15.1 Å². The highest BCUT2D eigenvalue weighted by Gasteiger charge is 2.34. The molecule has 0 fully saturated rings. The number of amides is 1. The Kier molecular flexibility index (Phi) is 6.84. The van der Waals surface area contributed by atoms with E-state index in [0.717, 1.165) is 15.8 Å². The lowest BCUT2D eigenvalue weighted by molar-refractivity contribution is -0.143. The van der Waals surface area contributed by atoms with Crippen LogP contribution in [0.4, 0.5) is 0 Å². The first-order valence-electron chi connectivity index (χ1n) is 9.42. The van der Waals surface area contributed by atoms with Crippen molar-refractivity contribution in [1.29, 1.82) is 0 Å². The molecule has 3 rings (SSSR count). The van der Waals surface area contributed by atoms with E-state index in [1.807, 2.05) is 30.3 Å². The normalized spacial score (nSPS) is 12.9. The summed E-state index contributed by atoms with van der Waals surface area (Å²) in [7, 11) is 0. The third-order valence-electron chi connectivity index (χ3n) is 4.72. The number of para-hydroxylation sites is 1. The number of hydrogen-bond donors (Lipinski definition) is 2. The van der Waals surface area contributed by atoms with E-state index in [-0.39, 0.29) is 19.6 Å². The van der Waals surface area contributed by atoms with Crippen molar-refractivity contribution in [2.45, 2.75) is 25.8 Å². The SMILES string of the molecule is CCC(C)(NC(=O)c1sc2cc(Cl)ccc2c1OCCOc1ccccc1)C(=O)O. The van der Waals surface area contributed by atoms with Crippen molar-refractivity contribution in [3.63, 3.8) is 0 Å². The molecule has 0 aliphatic heterocycles. The standard InChI is InChI=1S/C22H22ClNO5S/c1-3-22(2,21(26)27)24-20(25)19-18(16-10-9-14(23)13-17(16)30-19)29-12-11-28-15-7-5-4-6-8-15/h4-10,13H,3,11-12H2,1-2H3,(H,24,25)(H,26,27). The fourth-order valence-electron chi connectivity index (χ4n) is 2.76. The van der Waals surface area contributed by atoms with Gasteiger partial charge in [-0.1, -0.05) is 36.7 Å². The number of nitrogens with one attached hydrogen (secondary N) is 1. The maximum atomic E-state index is 12.9. The number of aliphatic carboxylic acids is 1. The zero-order valence-corrected chi connectivity index (χ0v) is 18.2. The van der Waals surface area contributed by atoms with Crippen LogP contribution >= 0.6 is 22.9 Å². The van der Waals surface area contributed by atoms with Crippen molar-refractivity contribution in [1.82, 2.24) is 5.32 Å². The van der Waals surface area contributed by atoms with Gasteiger partial charge < -0.3 is 19.9 Å². The van der Waals surface area contributed by atoms with Crippen LogP contribution in [0.15, 0.2) is 48.5 Å². The average molecular weight is 448 g/mol. The lowest BCUT2D eigenvalue weighted by Gasteiger charge is -2.24. The van der Waals surface area contributed by atoms with E-state index < -0.39 is 17.4 Å². The summed E-state index contributed by atoms with van der Waals surface area (Å²) in [6.07, 6.45) is 0.242. The van der Waals surface area contributed by atoms with Crippen molar-refractivity contribution in [3.05, 3.63) is 58.4 Å². The van der Waals surface area contributed by atoms with Gasteiger partial charge in [0.05, 0.1) is 0 Å². The number of hydrogen-bond acceptors (Lipinski definition) is 5. The van der Waals surface area contributed by atoms with Gasteiger partial charge in [-0.2, -0.15) is 0 Å². The van der Waals surface area contributed by atoms with Gasteiger partial charge >= 0.3 is 5.97 Å². The summed E-state index contributed by atoms with van der Waals surface area (Å²) in [5.41, 5.74) is -1.38. The van der Waals surface area contributed by atoms with Crippen molar-refractivity contribution in [3.8, 4) is 11.5 Å². The molecule has 158 valence electrons. The molecule has 0 aliphatic carbocycles. The predicted molar refractivity (Wildman–Crippen MR) is 118 cm³/mol. The lowest BCUT2D eigenvalue weighted by Crippen LogP contribution is -2.51. The Bertz CT molecular complexity index is 1050. The van der Waals surface area contributed by atoms with Crippen LogP contribution in [0, 0.1) is 0 Å². The molecule has 0 bridgehead atoms. The first-order chi connectivity index (χ1) is 14.3. The highest BCUT2D eigenvalue weighted by molar-refractivity contribution is 7.21. The molecular weight excluding hydrogens is 426 g/mol. The molecule has 30 heavy (non-hydrogen) atoms. The molecule has 1 heterocycles. The summed E-state index contributed by atoms with van der Waals surface area (Å²) in [4.78, 5) is 24.8. The molecule has 0 saturated carbocycles. The largest absolute Gasteiger partial charge is 0.490 e. The minimum Gasteiger partial charge on any atom is -0.490 e. The molecule has 1 amide bonds. The number of rotatable bonds is 9. The Morgan fingerprint density at radius 1 is 1.13 bits per heavy atom. The molecule has 2 N–H and O–H groups in total. The van der Waals surface area contributed by atoms with E-state index in [4.69, 9.17) is 21.1 Å². The molecule has 8 heteroatoms. The maximum Gasteiger partial charge on any atom is 0.329 e. The number of carbonyl (C=O) groups excluding carboxylic acids is 1. The van der Waals surface area contributed by atoms with Gasteiger partial charge in [0.1, 0.15) is 29.4 Å². The van der Waals surface area contributed by atoms with Crippen molar-refractivity contribution in [2.24, 2.45) is 0 Å². The van der Waals surface area contributed by atoms with Crippen LogP contribution in [0.25, 0.3) is 10.1 Å². The van der Waals surface area contributed by atoms with Crippen LogP contribution in [0.1, 0.15) is 29.9 Å². The van der Waals surface area contributed by atoms with Crippen LogP contribution in [-0.4, -0.2) is 35.7 Å². The van der Waals surface area contributed by atoms with E-state index in [1.165, 1.54) is 18.3 Å². The first kappa shape index (κ1) is 21.9. The number of carboxylic acid groups (broad SMARTS) is 1. The predicted octanol–water partition coefficient (Wildman–Crippen LogP) is 5.00. The number of fused-ring (bicyclic) bond motifs is 1. The smallest absolute Gasteiger partial charge is 0.329 e. The zero-order chi connectivity index (χ0) is 21.7. The van der Waals surface area contributed by atoms with E-state index in [2.05, 4.69) is 5.32 Å². The molecule has 0 radical (unpaired) electrons. The van der Waals surface area contributed by atoms with Gasteiger partial charge in [0.2, 0.25) is 0 Å². The van der Waals surface area contributed by atoms with E-state index >= 15 is 0 Å². The summed E-state index contributed by atoms with van der Waals surface area (Å²) in [5, 5.41) is 13.4. The van der Waals surface area contributed by atoms with Crippen molar-refractivity contribution >= 4 is 44.9 Å². The fourth-order valence-corrected chi connectivity index (χ4v) is 4.08. The van der Waals surface area contributed by atoms with Crippen LogP contribution in [0.2, 0.25) is 5.02 Å². The zero-order valence-electron chi connectivity index (χ0n) is 16.6. The Hall–Kier alpha value is -2.77. The molecule has 0 spiro atoms. The second-order valence-corrected chi connectivity index (χ2v) is 8.34. The maximum absolute atomic E-state index is 12.9. The van der Waals surface area contributed by atoms with Gasteiger partial charge in [0.15, 0.2) is 5.75 Å². The minimum atomic E-state index is -1.38. The highest BCUT2D eigenvalue weighted by Crippen LogP contribution is 2.39. The summed E-state index contributed by atoms with van der Waals surface area (Å²) in [6, 6.07) is 14.6. The average Bonchev–Trinajstić information content (AvgIpc) is 3.09. The number of thiophene rings is 1. The topological polar surface area (TPSA) is 84.9 Å². The van der Waals surface area contributed by atoms with Gasteiger partial charge in [0.25, 0.3) is 5.91 Å². The van der Waals surface area contributed by atoms with Gasteiger partial charge in [-0.15, -0.1) is 11.3 Å². The molecule has 1 unspecified atom stereocenters. The Morgan fingerprint density at radius 3 is 2.50 bits per heavy atom. The van der Waals surface area contributed by atoms with E-state index in [0.29, 0.717) is 15.6 Å². The number of carbonyl (C=O) groups is 2. The fraction of sp³-hybridized carbons (Fsp3) is 0.273. The number of carboxylic acids is 1. The second-order valence-electron chi connectivity index (χ2n) is 6.86. The van der Waals surface area contributed by atoms with Crippen LogP contribution in [-0.2, 0) is 4.79 Å². The van der Waals surface area contributed by atoms with Gasteiger partial charge in [-0.3, -0.25) is 4.79 Å². The van der Waals surface area contributed by atoms with E-state index in [1.54, 1.807) is 25.1 Å². The van der Waals surface area contributed by atoms with Gasteiger partial charge in [-0.25, -0.2) is 4.79 Å². The van der Waals surface area contributed by atoms with Crippen LogP contribution < -0.4 is 14.8 Å². The van der Waals surface area contributed by atoms with Gasteiger partial charge in [-0.05, 0) is 43.7 Å². The first-order valence-corrected chi connectivity index (χ1v) is 10.6. The Morgan fingerprint density at radius 2 is 1.83 bits per heavy atom. The number of benzene rings is 2.